The van der Waals surface area contributed by atoms with E-state index in [1.807, 2.05) is 17.9 Å². The van der Waals surface area contributed by atoms with Crippen molar-refractivity contribution in [3.63, 3.8) is 0 Å². The molecule has 0 amide bonds. The van der Waals surface area contributed by atoms with E-state index in [9.17, 15) is 0 Å². The van der Waals surface area contributed by atoms with Crippen LogP contribution in [0.3, 0.4) is 0 Å². The molecule has 0 spiro atoms. The first-order chi connectivity index (χ1) is 10.7. The molecule has 2 aromatic heterocycles. The summed E-state index contributed by atoms with van der Waals surface area (Å²) in [5, 5.41) is 4.92. The lowest BCUT2D eigenvalue weighted by Crippen LogP contribution is -2.25. The Kier molecular flexibility index (Phi) is 3.35. The molecule has 6 heteroatoms. The molecule has 1 aliphatic rings. The lowest BCUT2D eigenvalue weighted by molar-refractivity contribution is 0.279. The molecular weight excluding hydrogens is 294 g/mol. The lowest BCUT2D eigenvalue weighted by atomic mass is 10.0. The Bertz CT molecular complexity index is 819. The zero-order valence-electron chi connectivity index (χ0n) is 12.6. The molecule has 5 nitrogen and oxygen atoms in total. The SMILES string of the molecule is Cn1cc(CN2CCc3ccc4nc(N)sc4c3CC2)cn1. The van der Waals surface area contributed by atoms with E-state index in [4.69, 9.17) is 5.73 Å². The number of nitrogens with two attached hydrogens (primary N) is 1. The molecule has 114 valence electrons. The second kappa shape index (κ2) is 5.37. The monoisotopic (exact) mass is 313 g/mol. The van der Waals surface area contributed by atoms with E-state index in [2.05, 4.69) is 33.3 Å². The highest BCUT2D eigenvalue weighted by molar-refractivity contribution is 7.22. The molecule has 0 bridgehead atoms. The van der Waals surface area contributed by atoms with Gasteiger partial charge in [-0.2, -0.15) is 5.10 Å². The maximum atomic E-state index is 5.88. The maximum absolute atomic E-state index is 5.88. The molecule has 0 saturated carbocycles. The maximum Gasteiger partial charge on any atom is 0.181 e. The Balaban J connectivity index is 1.58. The molecule has 0 unspecified atom stereocenters. The minimum Gasteiger partial charge on any atom is -0.375 e. The number of nitrogens with zero attached hydrogens (tertiary/aromatic N) is 4. The van der Waals surface area contributed by atoms with Gasteiger partial charge in [0.15, 0.2) is 5.13 Å². The van der Waals surface area contributed by atoms with E-state index in [0.29, 0.717) is 5.13 Å². The van der Waals surface area contributed by atoms with Gasteiger partial charge in [-0.05, 0) is 30.0 Å². The van der Waals surface area contributed by atoms with Crippen LogP contribution in [0.2, 0.25) is 0 Å². The van der Waals surface area contributed by atoms with E-state index in [1.165, 1.54) is 21.4 Å². The molecule has 22 heavy (non-hydrogen) atoms. The summed E-state index contributed by atoms with van der Waals surface area (Å²) in [5.41, 5.74) is 11.1. The highest BCUT2D eigenvalue weighted by Gasteiger charge is 2.18. The van der Waals surface area contributed by atoms with Gasteiger partial charge < -0.3 is 5.73 Å². The van der Waals surface area contributed by atoms with Crippen LogP contribution in [-0.4, -0.2) is 32.8 Å². The predicted octanol–water partition coefficient (Wildman–Crippen LogP) is 2.21. The summed E-state index contributed by atoms with van der Waals surface area (Å²) in [5.74, 6) is 0. The Labute approximate surface area is 133 Å². The molecule has 0 saturated heterocycles. The number of hydrogen-bond donors (Lipinski definition) is 1. The number of rotatable bonds is 2. The zero-order chi connectivity index (χ0) is 15.1. The highest BCUT2D eigenvalue weighted by atomic mass is 32.1. The van der Waals surface area contributed by atoms with Crippen LogP contribution in [-0.2, 0) is 26.4 Å². The summed E-state index contributed by atoms with van der Waals surface area (Å²) in [6.45, 7) is 3.12. The second-order valence-corrected chi connectivity index (χ2v) is 6.93. The van der Waals surface area contributed by atoms with Crippen molar-refractivity contribution in [2.24, 2.45) is 7.05 Å². The van der Waals surface area contributed by atoms with Gasteiger partial charge in [0.25, 0.3) is 0 Å². The second-order valence-electron chi connectivity index (χ2n) is 5.90. The van der Waals surface area contributed by atoms with Crippen molar-refractivity contribution in [3.8, 4) is 0 Å². The fourth-order valence-corrected chi connectivity index (χ4v) is 4.17. The number of thiazole rings is 1. The molecule has 0 radical (unpaired) electrons. The molecular formula is C16H19N5S. The molecule has 4 rings (SSSR count). The van der Waals surface area contributed by atoms with Crippen molar-refractivity contribution in [1.82, 2.24) is 19.7 Å². The van der Waals surface area contributed by atoms with Gasteiger partial charge >= 0.3 is 0 Å². The summed E-state index contributed by atoms with van der Waals surface area (Å²) in [6.07, 6.45) is 6.21. The van der Waals surface area contributed by atoms with Crippen molar-refractivity contribution in [2.45, 2.75) is 19.4 Å². The standard InChI is InChI=1S/C16H19N5S/c1-20-9-11(8-18-20)10-21-6-4-12-2-3-14-15(13(12)5-7-21)22-16(17)19-14/h2-3,8-9H,4-7,10H2,1H3,(H2,17,19). The predicted molar refractivity (Wildman–Crippen MR) is 89.9 cm³/mol. The summed E-state index contributed by atoms with van der Waals surface area (Å²) in [6, 6.07) is 4.34. The summed E-state index contributed by atoms with van der Waals surface area (Å²) in [7, 11) is 1.96. The first-order valence-electron chi connectivity index (χ1n) is 7.56. The van der Waals surface area contributed by atoms with Crippen LogP contribution in [0.4, 0.5) is 5.13 Å². The van der Waals surface area contributed by atoms with Crippen LogP contribution >= 0.6 is 11.3 Å². The number of aromatic nitrogens is 3. The van der Waals surface area contributed by atoms with Gasteiger partial charge in [0.1, 0.15) is 0 Å². The Morgan fingerprint density at radius 3 is 2.95 bits per heavy atom. The molecule has 1 aromatic carbocycles. The minimum absolute atomic E-state index is 0.667. The summed E-state index contributed by atoms with van der Waals surface area (Å²) < 4.78 is 3.14. The van der Waals surface area contributed by atoms with Crippen LogP contribution in [0.15, 0.2) is 24.5 Å². The van der Waals surface area contributed by atoms with Crippen LogP contribution in [0, 0.1) is 0 Å². The van der Waals surface area contributed by atoms with E-state index in [-0.39, 0.29) is 0 Å². The fourth-order valence-electron chi connectivity index (χ4n) is 3.24. The number of nitrogen functional groups attached to an aromatic ring is 1. The quantitative estimate of drug-likeness (QED) is 0.788. The smallest absolute Gasteiger partial charge is 0.181 e. The number of aryl methyl sites for hydroxylation is 1. The van der Waals surface area contributed by atoms with E-state index < -0.39 is 0 Å². The number of anilines is 1. The van der Waals surface area contributed by atoms with Gasteiger partial charge in [-0.3, -0.25) is 9.58 Å². The molecule has 0 atom stereocenters. The van der Waals surface area contributed by atoms with Crippen LogP contribution in [0.25, 0.3) is 10.2 Å². The topological polar surface area (TPSA) is 60.0 Å². The average Bonchev–Trinajstić information content (AvgIpc) is 3.00. The van der Waals surface area contributed by atoms with Crippen molar-refractivity contribution in [2.75, 3.05) is 18.8 Å². The third kappa shape index (κ3) is 2.48. The Morgan fingerprint density at radius 2 is 2.14 bits per heavy atom. The van der Waals surface area contributed by atoms with Crippen LogP contribution in [0.5, 0.6) is 0 Å². The Morgan fingerprint density at radius 1 is 1.27 bits per heavy atom. The number of fused-ring (bicyclic) bond motifs is 3. The zero-order valence-corrected chi connectivity index (χ0v) is 13.4. The molecule has 3 aromatic rings. The first-order valence-corrected chi connectivity index (χ1v) is 8.37. The largest absolute Gasteiger partial charge is 0.375 e. The summed E-state index contributed by atoms with van der Waals surface area (Å²) in [4.78, 5) is 6.92. The average molecular weight is 313 g/mol. The fraction of sp³-hybridized carbons (Fsp3) is 0.375. The van der Waals surface area contributed by atoms with Gasteiger partial charge in [0.05, 0.1) is 16.4 Å². The van der Waals surface area contributed by atoms with Gasteiger partial charge in [-0.15, -0.1) is 0 Å². The van der Waals surface area contributed by atoms with Crippen LogP contribution < -0.4 is 5.73 Å². The lowest BCUT2D eigenvalue weighted by Gasteiger charge is -2.18. The normalized spacial score (nSPS) is 15.9. The van der Waals surface area contributed by atoms with Crippen molar-refractivity contribution in [1.29, 1.82) is 0 Å². The highest BCUT2D eigenvalue weighted by Crippen LogP contribution is 2.31. The van der Waals surface area contributed by atoms with E-state index in [0.717, 1.165) is 38.0 Å². The van der Waals surface area contributed by atoms with Crippen molar-refractivity contribution >= 4 is 26.7 Å². The first kappa shape index (κ1) is 13.7. The molecule has 3 heterocycles. The Hall–Kier alpha value is -1.92. The molecule has 0 fully saturated rings. The van der Waals surface area contributed by atoms with Gasteiger partial charge in [-0.1, -0.05) is 17.4 Å². The minimum atomic E-state index is 0.667. The van der Waals surface area contributed by atoms with E-state index >= 15 is 0 Å². The molecule has 2 N–H and O–H groups in total. The van der Waals surface area contributed by atoms with Gasteiger partial charge in [0.2, 0.25) is 0 Å². The van der Waals surface area contributed by atoms with Crippen molar-refractivity contribution < 1.29 is 0 Å². The van der Waals surface area contributed by atoms with Crippen LogP contribution in [0.1, 0.15) is 16.7 Å². The van der Waals surface area contributed by atoms with Crippen molar-refractivity contribution in [3.05, 3.63) is 41.2 Å². The van der Waals surface area contributed by atoms with Gasteiger partial charge in [0, 0.05) is 38.4 Å². The third-order valence-electron chi connectivity index (χ3n) is 4.31. The summed E-state index contributed by atoms with van der Waals surface area (Å²) >= 11 is 1.62. The molecule has 1 aliphatic heterocycles. The molecule has 0 aliphatic carbocycles. The van der Waals surface area contributed by atoms with E-state index in [1.54, 1.807) is 11.3 Å². The number of benzene rings is 1. The van der Waals surface area contributed by atoms with Gasteiger partial charge in [-0.25, -0.2) is 4.98 Å². The number of hydrogen-bond acceptors (Lipinski definition) is 5. The third-order valence-corrected chi connectivity index (χ3v) is 5.27.